The molecule has 0 spiro atoms. The minimum atomic E-state index is -1.08. The van der Waals surface area contributed by atoms with Crippen molar-refractivity contribution >= 4 is 23.5 Å². The molecule has 0 atom stereocenters. The van der Waals surface area contributed by atoms with Crippen LogP contribution < -0.4 is 15.4 Å². The Labute approximate surface area is 135 Å². The lowest BCUT2D eigenvalue weighted by Gasteiger charge is -2.09. The van der Waals surface area contributed by atoms with E-state index >= 15 is 0 Å². The summed E-state index contributed by atoms with van der Waals surface area (Å²) in [7, 11) is 0. The summed E-state index contributed by atoms with van der Waals surface area (Å²) in [6, 6.07) is 6.38. The molecule has 0 saturated heterocycles. The van der Waals surface area contributed by atoms with Gasteiger partial charge in [-0.15, -0.1) is 0 Å². The molecule has 1 aromatic rings. The second kappa shape index (κ2) is 9.45. The number of hydrogen-bond acceptors (Lipinski definition) is 4. The van der Waals surface area contributed by atoms with Crippen molar-refractivity contribution in [2.75, 3.05) is 18.5 Å². The summed E-state index contributed by atoms with van der Waals surface area (Å²) in [5.41, 5.74) is 0.467. The quantitative estimate of drug-likeness (QED) is 0.641. The number of carbonyl (C=O) groups is 3. The van der Waals surface area contributed by atoms with Crippen molar-refractivity contribution in [1.82, 2.24) is 5.32 Å². The first-order valence-electron chi connectivity index (χ1n) is 7.38. The summed E-state index contributed by atoms with van der Waals surface area (Å²) >= 11 is 0. The van der Waals surface area contributed by atoms with Crippen LogP contribution in [-0.4, -0.2) is 36.0 Å². The highest BCUT2D eigenvalue weighted by Gasteiger charge is 2.08. The summed E-state index contributed by atoms with van der Waals surface area (Å²) in [6.45, 7) is 3.49. The van der Waals surface area contributed by atoms with Crippen molar-refractivity contribution in [3.05, 3.63) is 24.3 Å². The minimum absolute atomic E-state index is 0.114. The summed E-state index contributed by atoms with van der Waals surface area (Å²) in [5.74, 6) is -0.830. The maximum atomic E-state index is 11.8. The van der Waals surface area contributed by atoms with Crippen LogP contribution in [0.2, 0.25) is 0 Å². The maximum Gasteiger partial charge on any atom is 0.341 e. The van der Waals surface area contributed by atoms with Gasteiger partial charge in [0.2, 0.25) is 11.8 Å². The maximum absolute atomic E-state index is 11.8. The first kappa shape index (κ1) is 18.5. The van der Waals surface area contributed by atoms with E-state index in [1.54, 1.807) is 18.2 Å². The van der Waals surface area contributed by atoms with E-state index in [0.717, 1.165) is 6.42 Å². The Morgan fingerprint density at radius 1 is 1.22 bits per heavy atom. The number of rotatable bonds is 9. The van der Waals surface area contributed by atoms with Gasteiger partial charge in [-0.25, -0.2) is 4.79 Å². The molecular weight excluding hydrogens is 300 g/mol. The number of carboxylic acids is 1. The molecule has 0 aliphatic rings. The third-order valence-corrected chi connectivity index (χ3v) is 2.87. The van der Waals surface area contributed by atoms with E-state index in [-0.39, 0.29) is 18.4 Å². The summed E-state index contributed by atoms with van der Waals surface area (Å²) in [4.78, 5) is 33.8. The van der Waals surface area contributed by atoms with Crippen molar-refractivity contribution in [3.63, 3.8) is 0 Å². The van der Waals surface area contributed by atoms with Crippen LogP contribution in [-0.2, 0) is 14.4 Å². The molecule has 7 heteroatoms. The molecule has 0 radical (unpaired) electrons. The fraction of sp³-hybridized carbons (Fsp3) is 0.438. The number of aliphatic carboxylic acids is 1. The zero-order chi connectivity index (χ0) is 17.2. The van der Waals surface area contributed by atoms with Gasteiger partial charge in [0.05, 0.1) is 6.54 Å². The number of hydrogen-bond donors (Lipinski definition) is 3. The third kappa shape index (κ3) is 8.45. The summed E-state index contributed by atoms with van der Waals surface area (Å²) in [6.07, 6.45) is 1.17. The van der Waals surface area contributed by atoms with Crippen LogP contribution in [0.4, 0.5) is 5.69 Å². The van der Waals surface area contributed by atoms with Gasteiger partial charge in [-0.05, 0) is 24.5 Å². The predicted octanol–water partition coefficient (Wildman–Crippen LogP) is 1.64. The number of anilines is 1. The van der Waals surface area contributed by atoms with Gasteiger partial charge in [-0.3, -0.25) is 9.59 Å². The Balaban J connectivity index is 2.40. The van der Waals surface area contributed by atoms with E-state index < -0.39 is 12.6 Å². The number of carboxylic acid groups (broad SMARTS) is 1. The summed E-state index contributed by atoms with van der Waals surface area (Å²) in [5, 5.41) is 13.7. The molecule has 0 aliphatic heterocycles. The highest BCUT2D eigenvalue weighted by atomic mass is 16.5. The van der Waals surface area contributed by atoms with Crippen LogP contribution in [0.15, 0.2) is 24.3 Å². The van der Waals surface area contributed by atoms with E-state index in [0.29, 0.717) is 23.8 Å². The van der Waals surface area contributed by atoms with E-state index in [2.05, 4.69) is 10.6 Å². The predicted molar refractivity (Wildman–Crippen MR) is 85.3 cm³/mol. The Hall–Kier alpha value is -2.57. The molecule has 0 bridgehead atoms. The van der Waals surface area contributed by atoms with E-state index in [4.69, 9.17) is 9.84 Å². The molecule has 23 heavy (non-hydrogen) atoms. The van der Waals surface area contributed by atoms with Gasteiger partial charge >= 0.3 is 5.97 Å². The smallest absolute Gasteiger partial charge is 0.341 e. The largest absolute Gasteiger partial charge is 0.482 e. The molecule has 7 nitrogen and oxygen atoms in total. The average Bonchev–Trinajstić information content (AvgIpc) is 2.49. The number of amides is 2. The molecule has 3 N–H and O–H groups in total. The molecule has 126 valence electrons. The number of carbonyl (C=O) groups excluding carboxylic acids is 2. The van der Waals surface area contributed by atoms with Crippen molar-refractivity contribution < 1.29 is 24.2 Å². The first-order chi connectivity index (χ1) is 10.9. The molecule has 0 aromatic heterocycles. The van der Waals surface area contributed by atoms with E-state index in [9.17, 15) is 14.4 Å². The average molecular weight is 322 g/mol. The fourth-order valence-corrected chi connectivity index (χ4v) is 1.70. The first-order valence-corrected chi connectivity index (χ1v) is 7.38. The Morgan fingerprint density at radius 2 is 1.96 bits per heavy atom. The fourth-order valence-electron chi connectivity index (χ4n) is 1.70. The number of benzene rings is 1. The van der Waals surface area contributed by atoms with Crippen molar-refractivity contribution in [2.24, 2.45) is 5.92 Å². The molecular formula is C16H22N2O5. The van der Waals surface area contributed by atoms with Crippen LogP contribution in [0.3, 0.4) is 0 Å². The molecule has 0 unspecified atom stereocenters. The number of ether oxygens (including phenoxy) is 1. The lowest BCUT2D eigenvalue weighted by molar-refractivity contribution is -0.139. The van der Waals surface area contributed by atoms with Gasteiger partial charge in [-0.2, -0.15) is 0 Å². The standard InChI is InChI=1S/C16H22N2O5/c1-11(2)6-7-14(19)17-9-15(20)18-12-4-3-5-13(8-12)23-10-16(21)22/h3-5,8,11H,6-7,9-10H2,1-2H3,(H,17,19)(H,18,20)(H,21,22). The van der Waals surface area contributed by atoms with Gasteiger partial charge in [-0.1, -0.05) is 19.9 Å². The van der Waals surface area contributed by atoms with Gasteiger partial charge in [0.25, 0.3) is 0 Å². The monoisotopic (exact) mass is 322 g/mol. The molecule has 0 heterocycles. The normalized spacial score (nSPS) is 10.2. The van der Waals surface area contributed by atoms with Crippen molar-refractivity contribution in [1.29, 1.82) is 0 Å². The van der Waals surface area contributed by atoms with Crippen LogP contribution in [0, 0.1) is 5.92 Å². The van der Waals surface area contributed by atoms with Crippen LogP contribution in [0.5, 0.6) is 5.75 Å². The molecule has 1 aromatic carbocycles. The van der Waals surface area contributed by atoms with Gasteiger partial charge in [0.1, 0.15) is 5.75 Å². The Morgan fingerprint density at radius 3 is 2.61 bits per heavy atom. The van der Waals surface area contributed by atoms with Crippen LogP contribution >= 0.6 is 0 Å². The molecule has 0 fully saturated rings. The molecule has 0 saturated carbocycles. The number of nitrogens with one attached hydrogen (secondary N) is 2. The highest BCUT2D eigenvalue weighted by Crippen LogP contribution is 2.17. The van der Waals surface area contributed by atoms with Gasteiger partial charge < -0.3 is 20.5 Å². The SMILES string of the molecule is CC(C)CCC(=O)NCC(=O)Nc1cccc(OCC(=O)O)c1. The third-order valence-electron chi connectivity index (χ3n) is 2.87. The van der Waals surface area contributed by atoms with Gasteiger partial charge in [0, 0.05) is 18.2 Å². The topological polar surface area (TPSA) is 105 Å². The zero-order valence-corrected chi connectivity index (χ0v) is 13.3. The van der Waals surface area contributed by atoms with Crippen LogP contribution in [0.1, 0.15) is 26.7 Å². The second-order valence-corrected chi connectivity index (χ2v) is 5.47. The highest BCUT2D eigenvalue weighted by molar-refractivity contribution is 5.94. The van der Waals surface area contributed by atoms with E-state index in [1.807, 2.05) is 13.8 Å². The van der Waals surface area contributed by atoms with Crippen LogP contribution in [0.25, 0.3) is 0 Å². The molecule has 0 aliphatic carbocycles. The lowest BCUT2D eigenvalue weighted by Crippen LogP contribution is -2.32. The van der Waals surface area contributed by atoms with Crippen molar-refractivity contribution in [2.45, 2.75) is 26.7 Å². The zero-order valence-electron chi connectivity index (χ0n) is 13.3. The molecule has 1 rings (SSSR count). The summed E-state index contributed by atoms with van der Waals surface area (Å²) < 4.78 is 5.02. The lowest BCUT2D eigenvalue weighted by atomic mass is 10.1. The van der Waals surface area contributed by atoms with E-state index in [1.165, 1.54) is 6.07 Å². The second-order valence-electron chi connectivity index (χ2n) is 5.47. The Bertz CT molecular complexity index is 557. The van der Waals surface area contributed by atoms with Crippen molar-refractivity contribution in [3.8, 4) is 5.75 Å². The Kier molecular flexibility index (Phi) is 7.59. The minimum Gasteiger partial charge on any atom is -0.482 e. The molecule has 2 amide bonds. The van der Waals surface area contributed by atoms with Gasteiger partial charge in [0.15, 0.2) is 6.61 Å².